The molecular weight excluding hydrogens is 182 g/mol. The van der Waals surface area contributed by atoms with E-state index in [0.29, 0.717) is 5.82 Å². The van der Waals surface area contributed by atoms with Gasteiger partial charge in [0, 0.05) is 19.2 Å². The summed E-state index contributed by atoms with van der Waals surface area (Å²) in [7, 11) is 0. The molecule has 1 saturated heterocycles. The molecule has 0 radical (unpaired) electrons. The van der Waals surface area contributed by atoms with Crippen molar-refractivity contribution in [3.05, 3.63) is 22.5 Å². The van der Waals surface area contributed by atoms with Gasteiger partial charge in [-0.1, -0.05) is 0 Å². The van der Waals surface area contributed by atoms with Crippen molar-refractivity contribution in [2.75, 3.05) is 18.5 Å². The minimum Gasteiger partial charge on any atom is -0.376 e. The maximum absolute atomic E-state index is 10.7. The molecule has 1 aromatic rings. The van der Waals surface area contributed by atoms with Crippen LogP contribution in [0.4, 0.5) is 5.82 Å². The quantitative estimate of drug-likeness (QED) is 0.730. The molecule has 0 amide bonds. The summed E-state index contributed by atoms with van der Waals surface area (Å²) in [5, 5.41) is 9.31. The van der Waals surface area contributed by atoms with E-state index in [1.165, 1.54) is 6.07 Å². The summed E-state index contributed by atoms with van der Waals surface area (Å²) in [6, 6.07) is 3.11. The van der Waals surface area contributed by atoms with Gasteiger partial charge in [-0.05, 0) is 18.9 Å². The molecule has 0 saturated carbocycles. The molecule has 1 fully saturated rings. The number of aromatic amines is 1. The van der Waals surface area contributed by atoms with Crippen LogP contribution in [-0.2, 0) is 4.74 Å². The second-order valence-electron chi connectivity index (χ2n) is 3.32. The van der Waals surface area contributed by atoms with Crippen LogP contribution in [0.15, 0.2) is 16.9 Å². The van der Waals surface area contributed by atoms with Gasteiger partial charge in [0.2, 0.25) is 0 Å². The Morgan fingerprint density at radius 2 is 2.57 bits per heavy atom. The monoisotopic (exact) mass is 195 g/mol. The van der Waals surface area contributed by atoms with Crippen LogP contribution in [0.25, 0.3) is 0 Å². The lowest BCUT2D eigenvalue weighted by Gasteiger charge is -2.10. The Morgan fingerprint density at radius 3 is 3.21 bits per heavy atom. The van der Waals surface area contributed by atoms with Crippen LogP contribution in [0, 0.1) is 0 Å². The molecule has 0 bridgehead atoms. The molecule has 0 aliphatic carbocycles. The number of nitrogens with one attached hydrogen (secondary N) is 2. The first-order chi connectivity index (χ1) is 6.84. The predicted molar refractivity (Wildman–Crippen MR) is 52.3 cm³/mol. The summed E-state index contributed by atoms with van der Waals surface area (Å²) >= 11 is 0. The zero-order chi connectivity index (χ0) is 9.80. The third kappa shape index (κ3) is 2.32. The average molecular weight is 195 g/mol. The minimum absolute atomic E-state index is 0.187. The van der Waals surface area contributed by atoms with Crippen molar-refractivity contribution in [2.45, 2.75) is 18.9 Å². The van der Waals surface area contributed by atoms with E-state index in [-0.39, 0.29) is 11.7 Å². The third-order valence-corrected chi connectivity index (χ3v) is 2.21. The molecule has 5 heteroatoms. The van der Waals surface area contributed by atoms with E-state index >= 15 is 0 Å². The van der Waals surface area contributed by atoms with Crippen molar-refractivity contribution in [3.63, 3.8) is 0 Å². The molecule has 5 nitrogen and oxygen atoms in total. The topological polar surface area (TPSA) is 67.0 Å². The Kier molecular flexibility index (Phi) is 2.78. The van der Waals surface area contributed by atoms with Crippen molar-refractivity contribution in [3.8, 4) is 0 Å². The summed E-state index contributed by atoms with van der Waals surface area (Å²) in [6.07, 6.45) is 2.51. The van der Waals surface area contributed by atoms with E-state index in [9.17, 15) is 4.79 Å². The number of anilines is 1. The Bertz CT molecular complexity index is 324. The number of hydrogen-bond acceptors (Lipinski definition) is 4. The SMILES string of the molecule is O=c1ccc(NCC2CCCO2)n[nH]1. The fourth-order valence-corrected chi connectivity index (χ4v) is 1.47. The molecule has 0 aromatic carbocycles. The van der Waals surface area contributed by atoms with Crippen LogP contribution in [0.3, 0.4) is 0 Å². The van der Waals surface area contributed by atoms with Gasteiger partial charge in [-0.15, -0.1) is 0 Å². The summed E-state index contributed by atoms with van der Waals surface area (Å²) in [5.74, 6) is 0.681. The average Bonchev–Trinajstić information content (AvgIpc) is 2.70. The molecule has 2 rings (SSSR count). The van der Waals surface area contributed by atoms with E-state index in [1.54, 1.807) is 6.07 Å². The van der Waals surface area contributed by atoms with E-state index in [2.05, 4.69) is 15.5 Å². The summed E-state index contributed by atoms with van der Waals surface area (Å²) < 4.78 is 5.44. The van der Waals surface area contributed by atoms with Gasteiger partial charge in [0.25, 0.3) is 5.56 Å². The van der Waals surface area contributed by atoms with Crippen LogP contribution in [0.1, 0.15) is 12.8 Å². The largest absolute Gasteiger partial charge is 0.376 e. The number of nitrogens with zero attached hydrogens (tertiary/aromatic N) is 1. The highest BCUT2D eigenvalue weighted by molar-refractivity contribution is 5.31. The number of aromatic nitrogens is 2. The van der Waals surface area contributed by atoms with E-state index < -0.39 is 0 Å². The fourth-order valence-electron chi connectivity index (χ4n) is 1.47. The van der Waals surface area contributed by atoms with Crippen molar-refractivity contribution in [1.82, 2.24) is 10.2 Å². The van der Waals surface area contributed by atoms with E-state index in [1.807, 2.05) is 0 Å². The zero-order valence-electron chi connectivity index (χ0n) is 7.82. The Morgan fingerprint density at radius 1 is 1.64 bits per heavy atom. The van der Waals surface area contributed by atoms with Gasteiger partial charge in [-0.3, -0.25) is 4.79 Å². The van der Waals surface area contributed by atoms with Crippen LogP contribution in [0.5, 0.6) is 0 Å². The third-order valence-electron chi connectivity index (χ3n) is 2.21. The molecule has 1 aliphatic rings. The van der Waals surface area contributed by atoms with Crippen molar-refractivity contribution in [1.29, 1.82) is 0 Å². The first-order valence-electron chi connectivity index (χ1n) is 4.76. The first-order valence-corrected chi connectivity index (χ1v) is 4.76. The lowest BCUT2D eigenvalue weighted by Crippen LogP contribution is -2.20. The molecule has 2 N–H and O–H groups in total. The summed E-state index contributed by atoms with van der Waals surface area (Å²) in [6.45, 7) is 1.60. The number of H-pyrrole nitrogens is 1. The second kappa shape index (κ2) is 4.23. The molecule has 1 unspecified atom stereocenters. The van der Waals surface area contributed by atoms with E-state index in [4.69, 9.17) is 4.74 Å². The predicted octanol–water partition coefficient (Wildman–Crippen LogP) is 0.361. The second-order valence-corrected chi connectivity index (χ2v) is 3.32. The lowest BCUT2D eigenvalue weighted by molar-refractivity contribution is 0.120. The van der Waals surface area contributed by atoms with Gasteiger partial charge in [0.15, 0.2) is 0 Å². The Balaban J connectivity index is 1.85. The summed E-state index contributed by atoms with van der Waals surface area (Å²) in [5.41, 5.74) is -0.187. The Labute approximate surface area is 81.5 Å². The molecule has 14 heavy (non-hydrogen) atoms. The van der Waals surface area contributed by atoms with Crippen LogP contribution < -0.4 is 10.9 Å². The maximum atomic E-state index is 10.7. The molecular formula is C9H13N3O2. The highest BCUT2D eigenvalue weighted by atomic mass is 16.5. The van der Waals surface area contributed by atoms with Gasteiger partial charge < -0.3 is 10.1 Å². The first kappa shape index (κ1) is 9.21. The summed E-state index contributed by atoms with van der Waals surface area (Å²) in [4.78, 5) is 10.7. The maximum Gasteiger partial charge on any atom is 0.264 e. The van der Waals surface area contributed by atoms with Crippen molar-refractivity contribution < 1.29 is 4.74 Å². The standard InChI is InChI=1S/C9H13N3O2/c13-9-4-3-8(11-12-9)10-6-7-2-1-5-14-7/h3-4,7H,1-2,5-6H2,(H,10,11)(H,12,13). The zero-order valence-corrected chi connectivity index (χ0v) is 7.82. The van der Waals surface area contributed by atoms with Gasteiger partial charge in [-0.25, -0.2) is 5.10 Å². The van der Waals surface area contributed by atoms with Crippen LogP contribution >= 0.6 is 0 Å². The highest BCUT2D eigenvalue weighted by Gasteiger charge is 2.14. The van der Waals surface area contributed by atoms with Gasteiger partial charge >= 0.3 is 0 Å². The number of ether oxygens (including phenoxy) is 1. The molecule has 1 atom stereocenters. The fraction of sp³-hybridized carbons (Fsp3) is 0.556. The van der Waals surface area contributed by atoms with Gasteiger partial charge in [-0.2, -0.15) is 5.10 Å². The molecule has 0 spiro atoms. The Hall–Kier alpha value is -1.36. The minimum atomic E-state index is -0.187. The molecule has 76 valence electrons. The van der Waals surface area contributed by atoms with Crippen molar-refractivity contribution >= 4 is 5.82 Å². The highest BCUT2D eigenvalue weighted by Crippen LogP contribution is 2.12. The van der Waals surface area contributed by atoms with Crippen LogP contribution in [-0.4, -0.2) is 29.5 Å². The number of hydrogen-bond donors (Lipinski definition) is 2. The van der Waals surface area contributed by atoms with Crippen LogP contribution in [0.2, 0.25) is 0 Å². The van der Waals surface area contributed by atoms with E-state index in [0.717, 1.165) is 26.0 Å². The molecule has 1 aliphatic heterocycles. The normalized spacial score (nSPS) is 21.0. The van der Waals surface area contributed by atoms with Crippen molar-refractivity contribution in [2.24, 2.45) is 0 Å². The number of rotatable bonds is 3. The smallest absolute Gasteiger partial charge is 0.264 e. The van der Waals surface area contributed by atoms with Gasteiger partial charge in [0.1, 0.15) is 5.82 Å². The molecule has 2 heterocycles. The molecule has 1 aromatic heterocycles. The lowest BCUT2D eigenvalue weighted by atomic mass is 10.2. The van der Waals surface area contributed by atoms with Gasteiger partial charge in [0.05, 0.1) is 6.10 Å².